The smallest absolute Gasteiger partial charge is 0.339 e. The molecule has 1 unspecified atom stereocenters. The monoisotopic (exact) mass is 440 g/mol. The molecule has 0 bridgehead atoms. The molecule has 3 aromatic rings. The van der Waals surface area contributed by atoms with E-state index in [2.05, 4.69) is 5.32 Å². The second-order valence-corrected chi connectivity index (χ2v) is 6.75. The summed E-state index contributed by atoms with van der Waals surface area (Å²) in [6.07, 6.45) is -1.26. The lowest BCUT2D eigenvalue weighted by Gasteiger charge is -2.18. The predicted octanol–water partition coefficient (Wildman–Crippen LogP) is 4.79. The summed E-state index contributed by atoms with van der Waals surface area (Å²) in [5.41, 5.74) is 0.759. The van der Waals surface area contributed by atoms with Gasteiger partial charge in [0.25, 0.3) is 11.6 Å². The minimum absolute atomic E-state index is 0.0758. The van der Waals surface area contributed by atoms with Crippen molar-refractivity contribution in [1.29, 1.82) is 0 Å². The predicted molar refractivity (Wildman–Crippen MR) is 114 cm³/mol. The lowest BCUT2D eigenvalue weighted by atomic mass is 10.1. The van der Waals surface area contributed by atoms with Gasteiger partial charge in [0, 0.05) is 23.4 Å². The lowest BCUT2D eigenvalue weighted by molar-refractivity contribution is -0.384. The van der Waals surface area contributed by atoms with Crippen LogP contribution < -0.4 is 10.1 Å². The second-order valence-electron chi connectivity index (χ2n) is 6.34. The normalized spacial score (nSPS) is 11.3. The van der Waals surface area contributed by atoms with Gasteiger partial charge in [-0.2, -0.15) is 0 Å². The number of esters is 1. The number of carbonyl (C=O) groups is 2. The summed E-state index contributed by atoms with van der Waals surface area (Å²) in [6, 6.07) is 18.1. The first-order valence-electron chi connectivity index (χ1n) is 9.04. The van der Waals surface area contributed by atoms with E-state index in [1.807, 2.05) is 0 Å². The number of benzene rings is 3. The molecule has 3 aromatic carbocycles. The number of nitro groups is 1. The number of amides is 1. The third kappa shape index (κ3) is 5.37. The van der Waals surface area contributed by atoms with Crippen LogP contribution in [-0.2, 0) is 9.53 Å². The van der Waals surface area contributed by atoms with Gasteiger partial charge >= 0.3 is 5.97 Å². The molecule has 0 heterocycles. The zero-order valence-electron chi connectivity index (χ0n) is 16.3. The highest BCUT2D eigenvalue weighted by molar-refractivity contribution is 6.32. The van der Waals surface area contributed by atoms with Crippen molar-refractivity contribution >= 4 is 34.9 Å². The van der Waals surface area contributed by atoms with Crippen molar-refractivity contribution in [3.05, 3.63) is 99.1 Å². The molecular formula is C22H17ClN2O6. The standard InChI is InChI=1S/C22H17ClN2O6/c1-30-19-12-9-16(13-18(19)23)24-21(26)20(14-5-3-2-4-6-14)31-22(27)15-7-10-17(11-8-15)25(28)29/h2-13,20H,1H3,(H,24,26). The van der Waals surface area contributed by atoms with Crippen LogP contribution in [0.5, 0.6) is 5.75 Å². The molecule has 0 saturated heterocycles. The Morgan fingerprint density at radius 3 is 2.29 bits per heavy atom. The van der Waals surface area contributed by atoms with Gasteiger partial charge in [-0.3, -0.25) is 14.9 Å². The van der Waals surface area contributed by atoms with E-state index in [1.165, 1.54) is 37.4 Å². The van der Waals surface area contributed by atoms with Crippen molar-refractivity contribution in [3.63, 3.8) is 0 Å². The summed E-state index contributed by atoms with van der Waals surface area (Å²) in [5.74, 6) is -0.946. The van der Waals surface area contributed by atoms with Gasteiger partial charge in [-0.1, -0.05) is 41.9 Å². The number of hydrogen-bond acceptors (Lipinski definition) is 6. The van der Waals surface area contributed by atoms with Gasteiger partial charge in [-0.15, -0.1) is 0 Å². The Bertz CT molecular complexity index is 1100. The van der Waals surface area contributed by atoms with Gasteiger partial charge in [-0.05, 0) is 30.3 Å². The minimum Gasteiger partial charge on any atom is -0.495 e. The van der Waals surface area contributed by atoms with Gasteiger partial charge in [0.1, 0.15) is 5.75 Å². The van der Waals surface area contributed by atoms with E-state index < -0.39 is 22.9 Å². The van der Waals surface area contributed by atoms with Crippen LogP contribution in [-0.4, -0.2) is 23.9 Å². The summed E-state index contributed by atoms with van der Waals surface area (Å²) in [6.45, 7) is 0. The summed E-state index contributed by atoms with van der Waals surface area (Å²) in [7, 11) is 1.47. The maximum atomic E-state index is 12.9. The van der Waals surface area contributed by atoms with Crippen LogP contribution in [0.3, 0.4) is 0 Å². The Balaban J connectivity index is 1.83. The highest BCUT2D eigenvalue weighted by Crippen LogP contribution is 2.28. The van der Waals surface area contributed by atoms with Gasteiger partial charge in [0.15, 0.2) is 0 Å². The Morgan fingerprint density at radius 2 is 1.71 bits per heavy atom. The van der Waals surface area contributed by atoms with Crippen molar-refractivity contribution in [1.82, 2.24) is 0 Å². The number of methoxy groups -OCH3 is 1. The van der Waals surface area contributed by atoms with E-state index in [1.54, 1.807) is 42.5 Å². The molecule has 158 valence electrons. The van der Waals surface area contributed by atoms with Crippen LogP contribution in [0.4, 0.5) is 11.4 Å². The number of ether oxygens (including phenoxy) is 2. The quantitative estimate of drug-likeness (QED) is 0.321. The zero-order valence-corrected chi connectivity index (χ0v) is 17.0. The summed E-state index contributed by atoms with van der Waals surface area (Å²) in [4.78, 5) is 35.7. The number of non-ortho nitro benzene ring substituents is 1. The molecule has 0 aliphatic carbocycles. The Labute approximate surface area is 182 Å². The molecule has 0 aliphatic rings. The molecule has 0 spiro atoms. The van der Waals surface area contributed by atoms with E-state index in [0.717, 1.165) is 0 Å². The average molecular weight is 441 g/mol. The fourth-order valence-electron chi connectivity index (χ4n) is 2.75. The third-order valence-electron chi connectivity index (χ3n) is 4.30. The fraction of sp³-hybridized carbons (Fsp3) is 0.0909. The van der Waals surface area contributed by atoms with Crippen molar-refractivity contribution in [2.24, 2.45) is 0 Å². The largest absolute Gasteiger partial charge is 0.495 e. The maximum Gasteiger partial charge on any atom is 0.339 e. The number of nitro benzene ring substituents is 1. The molecule has 8 nitrogen and oxygen atoms in total. The number of rotatable bonds is 7. The summed E-state index contributed by atoms with van der Waals surface area (Å²) >= 11 is 6.10. The Kier molecular flexibility index (Phi) is 6.84. The Morgan fingerprint density at radius 1 is 1.03 bits per heavy atom. The minimum atomic E-state index is -1.26. The van der Waals surface area contributed by atoms with Gasteiger partial charge in [-0.25, -0.2) is 4.79 Å². The van der Waals surface area contributed by atoms with E-state index in [4.69, 9.17) is 21.1 Å². The third-order valence-corrected chi connectivity index (χ3v) is 4.59. The summed E-state index contributed by atoms with van der Waals surface area (Å²) < 4.78 is 10.5. The first-order valence-corrected chi connectivity index (χ1v) is 9.41. The van der Waals surface area contributed by atoms with Crippen LogP contribution in [0.15, 0.2) is 72.8 Å². The molecule has 0 aliphatic heterocycles. The van der Waals surface area contributed by atoms with Gasteiger partial charge in [0.2, 0.25) is 6.10 Å². The molecule has 1 N–H and O–H groups in total. The zero-order chi connectivity index (χ0) is 22.4. The lowest BCUT2D eigenvalue weighted by Crippen LogP contribution is -2.26. The molecule has 0 radical (unpaired) electrons. The Hall–Kier alpha value is -3.91. The second kappa shape index (κ2) is 9.73. The van der Waals surface area contributed by atoms with E-state index in [9.17, 15) is 19.7 Å². The molecule has 3 rings (SSSR count). The topological polar surface area (TPSA) is 108 Å². The van der Waals surface area contributed by atoms with Crippen LogP contribution >= 0.6 is 11.6 Å². The fourth-order valence-corrected chi connectivity index (χ4v) is 3.00. The molecule has 0 saturated carbocycles. The number of halogens is 1. The maximum absolute atomic E-state index is 12.9. The SMILES string of the molecule is COc1ccc(NC(=O)C(OC(=O)c2ccc([N+](=O)[O-])cc2)c2ccccc2)cc1Cl. The highest BCUT2D eigenvalue weighted by Gasteiger charge is 2.26. The van der Waals surface area contributed by atoms with Crippen molar-refractivity contribution in [2.45, 2.75) is 6.10 Å². The van der Waals surface area contributed by atoms with Crippen LogP contribution in [0.1, 0.15) is 22.0 Å². The molecule has 9 heteroatoms. The number of carbonyl (C=O) groups excluding carboxylic acids is 2. The van der Waals surface area contributed by atoms with Crippen LogP contribution in [0.2, 0.25) is 5.02 Å². The number of anilines is 1. The number of nitrogens with zero attached hydrogens (tertiary/aromatic N) is 1. The van der Waals surface area contributed by atoms with E-state index >= 15 is 0 Å². The highest BCUT2D eigenvalue weighted by atomic mass is 35.5. The first kappa shape index (κ1) is 21.8. The van der Waals surface area contributed by atoms with Crippen LogP contribution in [0.25, 0.3) is 0 Å². The number of nitrogens with one attached hydrogen (secondary N) is 1. The molecule has 31 heavy (non-hydrogen) atoms. The van der Waals surface area contributed by atoms with Crippen molar-refractivity contribution < 1.29 is 24.0 Å². The number of hydrogen-bond donors (Lipinski definition) is 1. The first-order chi connectivity index (χ1) is 14.9. The molecular weight excluding hydrogens is 424 g/mol. The van der Waals surface area contributed by atoms with Crippen molar-refractivity contribution in [2.75, 3.05) is 12.4 Å². The molecule has 0 fully saturated rings. The molecule has 1 amide bonds. The average Bonchev–Trinajstić information content (AvgIpc) is 2.78. The van der Waals surface area contributed by atoms with Crippen LogP contribution in [0, 0.1) is 10.1 Å². The molecule has 1 atom stereocenters. The van der Waals surface area contributed by atoms with E-state index in [-0.39, 0.29) is 11.3 Å². The summed E-state index contributed by atoms with van der Waals surface area (Å²) in [5, 5.41) is 13.8. The van der Waals surface area contributed by atoms with Gasteiger partial charge < -0.3 is 14.8 Å². The van der Waals surface area contributed by atoms with E-state index in [0.29, 0.717) is 22.0 Å². The molecule has 0 aromatic heterocycles. The van der Waals surface area contributed by atoms with Gasteiger partial charge in [0.05, 0.1) is 22.6 Å². The van der Waals surface area contributed by atoms with Crippen molar-refractivity contribution in [3.8, 4) is 5.75 Å².